The maximum Gasteiger partial charge on any atom is 0.324 e. The van der Waals surface area contributed by atoms with Crippen molar-refractivity contribution in [2.75, 3.05) is 16.0 Å². The van der Waals surface area contributed by atoms with Crippen molar-refractivity contribution in [1.29, 1.82) is 0 Å². The molecule has 0 unspecified atom stereocenters. The summed E-state index contributed by atoms with van der Waals surface area (Å²) in [5.74, 6) is 1.69. The van der Waals surface area contributed by atoms with Crippen molar-refractivity contribution in [3.63, 3.8) is 0 Å². The molecular formula is C27H28N6O3. The molecule has 0 bridgehead atoms. The van der Waals surface area contributed by atoms with Crippen molar-refractivity contribution in [2.45, 2.75) is 33.1 Å². The highest BCUT2D eigenvalue weighted by molar-refractivity contribution is 5.99. The van der Waals surface area contributed by atoms with Crippen molar-refractivity contribution >= 4 is 29.1 Å². The van der Waals surface area contributed by atoms with Crippen LogP contribution in [0.5, 0.6) is 11.5 Å². The number of hydrogen-bond donors (Lipinski definition) is 3. The van der Waals surface area contributed by atoms with Gasteiger partial charge in [0.2, 0.25) is 5.91 Å². The highest BCUT2D eigenvalue weighted by Gasteiger charge is 2.21. The van der Waals surface area contributed by atoms with Gasteiger partial charge in [-0.15, -0.1) is 0 Å². The summed E-state index contributed by atoms with van der Waals surface area (Å²) in [7, 11) is 0. The van der Waals surface area contributed by atoms with Crippen LogP contribution in [0.3, 0.4) is 0 Å². The first kappa shape index (κ1) is 24.5. The number of benzene rings is 2. The number of hydrogen-bond acceptors (Lipinski definition) is 5. The molecule has 4 aromatic rings. The highest BCUT2D eigenvalue weighted by atomic mass is 16.5. The van der Waals surface area contributed by atoms with Gasteiger partial charge in [0, 0.05) is 42.2 Å². The van der Waals surface area contributed by atoms with Crippen LogP contribution in [-0.4, -0.2) is 26.7 Å². The zero-order valence-electron chi connectivity index (χ0n) is 20.6. The summed E-state index contributed by atoms with van der Waals surface area (Å²) in [6.45, 7) is 7.62. The number of aromatic nitrogens is 3. The van der Waals surface area contributed by atoms with Crippen LogP contribution in [0.4, 0.5) is 22.0 Å². The number of anilines is 3. The summed E-state index contributed by atoms with van der Waals surface area (Å²) in [5.41, 5.74) is 2.63. The molecule has 4 rings (SSSR count). The van der Waals surface area contributed by atoms with Crippen LogP contribution in [0.15, 0.2) is 79.1 Å². The molecule has 0 aliphatic carbocycles. The standard InChI is InChI=1S/C27H28N6O3/c1-18(34)29-19-5-9-21(10-6-19)33-25(17-24(32-33)27(2,3)4)31-26(35)30-20-7-11-22(12-8-20)36-23-13-15-28-16-14-23/h5-17H,1-4H3,(H,29,34)(H2,30,31,35). The number of rotatable bonds is 6. The SMILES string of the molecule is CC(=O)Nc1ccc(-n2nc(C(C)(C)C)cc2NC(=O)Nc2ccc(Oc3ccncc3)cc2)cc1. The zero-order chi connectivity index (χ0) is 25.7. The van der Waals surface area contributed by atoms with Crippen molar-refractivity contribution in [3.8, 4) is 17.2 Å². The molecule has 0 aliphatic rings. The average molecular weight is 485 g/mol. The van der Waals surface area contributed by atoms with Crippen molar-refractivity contribution in [2.24, 2.45) is 0 Å². The molecule has 184 valence electrons. The molecule has 0 aliphatic heterocycles. The van der Waals surface area contributed by atoms with Gasteiger partial charge in [0.1, 0.15) is 17.3 Å². The molecule has 9 heteroatoms. The van der Waals surface area contributed by atoms with Gasteiger partial charge in [0.15, 0.2) is 0 Å². The van der Waals surface area contributed by atoms with Gasteiger partial charge in [-0.25, -0.2) is 9.48 Å². The first-order valence-electron chi connectivity index (χ1n) is 11.4. The first-order valence-corrected chi connectivity index (χ1v) is 11.4. The number of nitrogens with one attached hydrogen (secondary N) is 3. The van der Waals surface area contributed by atoms with Crippen LogP contribution in [0.1, 0.15) is 33.4 Å². The van der Waals surface area contributed by atoms with Gasteiger partial charge >= 0.3 is 6.03 Å². The third-order valence-corrected chi connectivity index (χ3v) is 5.15. The third-order valence-electron chi connectivity index (χ3n) is 5.15. The van der Waals surface area contributed by atoms with Crippen molar-refractivity contribution in [3.05, 3.63) is 84.8 Å². The van der Waals surface area contributed by atoms with E-state index in [1.165, 1.54) is 6.92 Å². The summed E-state index contributed by atoms with van der Waals surface area (Å²) >= 11 is 0. The van der Waals surface area contributed by atoms with Gasteiger partial charge in [-0.2, -0.15) is 5.10 Å². The van der Waals surface area contributed by atoms with E-state index in [0.29, 0.717) is 28.7 Å². The Morgan fingerprint density at radius 3 is 2.00 bits per heavy atom. The summed E-state index contributed by atoms with van der Waals surface area (Å²) in [5, 5.41) is 13.2. The van der Waals surface area contributed by atoms with E-state index in [2.05, 4.69) is 41.7 Å². The topological polar surface area (TPSA) is 110 Å². The molecule has 9 nitrogen and oxygen atoms in total. The van der Waals surface area contributed by atoms with E-state index >= 15 is 0 Å². The number of urea groups is 1. The van der Waals surface area contributed by atoms with E-state index in [9.17, 15) is 9.59 Å². The Kier molecular flexibility index (Phi) is 7.00. The summed E-state index contributed by atoms with van der Waals surface area (Å²) in [4.78, 5) is 28.1. The molecule has 0 saturated carbocycles. The molecule has 2 aromatic carbocycles. The summed E-state index contributed by atoms with van der Waals surface area (Å²) < 4.78 is 7.43. The largest absolute Gasteiger partial charge is 0.457 e. The minimum atomic E-state index is -0.408. The van der Waals surface area contributed by atoms with Crippen LogP contribution in [0.25, 0.3) is 5.69 Å². The number of nitrogens with zero attached hydrogens (tertiary/aromatic N) is 3. The normalized spacial score (nSPS) is 11.0. The smallest absolute Gasteiger partial charge is 0.324 e. The maximum absolute atomic E-state index is 12.8. The Balaban J connectivity index is 1.49. The van der Waals surface area contributed by atoms with E-state index in [0.717, 1.165) is 11.4 Å². The second-order valence-electron chi connectivity index (χ2n) is 9.19. The average Bonchev–Trinajstić information content (AvgIpc) is 3.25. The van der Waals surface area contributed by atoms with Gasteiger partial charge in [-0.3, -0.25) is 15.1 Å². The van der Waals surface area contributed by atoms with Gasteiger partial charge in [0.25, 0.3) is 0 Å². The number of amides is 3. The van der Waals surface area contributed by atoms with E-state index in [4.69, 9.17) is 9.84 Å². The molecule has 0 saturated heterocycles. The molecule has 0 radical (unpaired) electrons. The summed E-state index contributed by atoms with van der Waals surface area (Å²) in [6.07, 6.45) is 3.31. The third kappa shape index (κ3) is 6.26. The lowest BCUT2D eigenvalue weighted by Crippen LogP contribution is -2.21. The number of pyridine rings is 1. The summed E-state index contributed by atoms with van der Waals surface area (Å²) in [6, 6.07) is 19.3. The van der Waals surface area contributed by atoms with Crippen LogP contribution in [0.2, 0.25) is 0 Å². The van der Waals surface area contributed by atoms with Crippen molar-refractivity contribution in [1.82, 2.24) is 14.8 Å². The van der Waals surface area contributed by atoms with Crippen LogP contribution in [-0.2, 0) is 10.2 Å². The Labute approximate surface area is 209 Å². The number of carbonyl (C=O) groups is 2. The van der Waals surface area contributed by atoms with Gasteiger partial charge in [0.05, 0.1) is 11.4 Å². The maximum atomic E-state index is 12.8. The Morgan fingerprint density at radius 2 is 1.39 bits per heavy atom. The Morgan fingerprint density at radius 1 is 0.806 bits per heavy atom. The quantitative estimate of drug-likeness (QED) is 0.313. The predicted molar refractivity (Wildman–Crippen MR) is 140 cm³/mol. The van der Waals surface area contributed by atoms with Crippen LogP contribution >= 0.6 is 0 Å². The first-order chi connectivity index (χ1) is 17.2. The van der Waals surface area contributed by atoms with Crippen LogP contribution in [0, 0.1) is 0 Å². The zero-order valence-corrected chi connectivity index (χ0v) is 20.6. The van der Waals surface area contributed by atoms with Gasteiger partial charge in [-0.05, 0) is 60.7 Å². The number of carbonyl (C=O) groups excluding carboxylic acids is 2. The van der Waals surface area contributed by atoms with Crippen LogP contribution < -0.4 is 20.7 Å². The fourth-order valence-electron chi connectivity index (χ4n) is 3.35. The fourth-order valence-corrected chi connectivity index (χ4v) is 3.35. The van der Waals surface area contributed by atoms with E-state index < -0.39 is 6.03 Å². The van der Waals surface area contributed by atoms with E-state index in [1.807, 2.05) is 18.2 Å². The highest BCUT2D eigenvalue weighted by Crippen LogP contribution is 2.27. The molecule has 3 N–H and O–H groups in total. The molecule has 36 heavy (non-hydrogen) atoms. The molecule has 0 atom stereocenters. The molecule has 0 fully saturated rings. The molecule has 2 aromatic heterocycles. The number of ether oxygens (including phenoxy) is 1. The predicted octanol–water partition coefficient (Wildman–Crippen LogP) is 5.96. The minimum absolute atomic E-state index is 0.146. The molecule has 3 amide bonds. The molecule has 2 heterocycles. The molecular weight excluding hydrogens is 456 g/mol. The van der Waals surface area contributed by atoms with E-state index in [1.54, 1.807) is 65.6 Å². The Bertz CT molecular complexity index is 1340. The minimum Gasteiger partial charge on any atom is -0.457 e. The van der Waals surface area contributed by atoms with Gasteiger partial charge in [-0.1, -0.05) is 20.8 Å². The molecule has 0 spiro atoms. The Hall–Kier alpha value is -4.66. The van der Waals surface area contributed by atoms with E-state index in [-0.39, 0.29) is 11.3 Å². The second-order valence-corrected chi connectivity index (χ2v) is 9.19. The fraction of sp³-hybridized carbons (Fsp3) is 0.185. The lowest BCUT2D eigenvalue weighted by molar-refractivity contribution is -0.114. The van der Waals surface area contributed by atoms with Gasteiger partial charge < -0.3 is 15.4 Å². The monoisotopic (exact) mass is 484 g/mol. The lowest BCUT2D eigenvalue weighted by atomic mass is 9.92. The van der Waals surface area contributed by atoms with Crippen molar-refractivity contribution < 1.29 is 14.3 Å². The lowest BCUT2D eigenvalue weighted by Gasteiger charge is -2.14. The second kappa shape index (κ2) is 10.3.